The smallest absolute Gasteiger partial charge is 0.407 e. The number of rotatable bonds is 4. The molecule has 0 atom stereocenters. The van der Waals surface area contributed by atoms with Gasteiger partial charge in [0.25, 0.3) is 0 Å². The highest BCUT2D eigenvalue weighted by molar-refractivity contribution is 6.08. The maximum Gasteiger partial charge on any atom is 0.407 e. The second kappa shape index (κ2) is 8.10. The molecule has 1 aliphatic rings. The zero-order chi connectivity index (χ0) is 23.2. The lowest BCUT2D eigenvalue weighted by molar-refractivity contribution is 0.0363. The Morgan fingerprint density at radius 3 is 2.45 bits per heavy atom. The Hall–Kier alpha value is -3.54. The Balaban J connectivity index is 1.23. The van der Waals surface area contributed by atoms with Gasteiger partial charge in [-0.05, 0) is 56.2 Å². The van der Waals surface area contributed by atoms with Gasteiger partial charge in [-0.1, -0.05) is 24.3 Å². The number of hydrogen-bond donors (Lipinski definition) is 1. The van der Waals surface area contributed by atoms with Gasteiger partial charge in [0.05, 0.1) is 5.52 Å². The summed E-state index contributed by atoms with van der Waals surface area (Å²) in [7, 11) is 2.09. The van der Waals surface area contributed by atoms with Crippen LogP contribution in [0.2, 0.25) is 0 Å². The van der Waals surface area contributed by atoms with Gasteiger partial charge in [0.2, 0.25) is 0 Å². The van der Waals surface area contributed by atoms with E-state index < -0.39 is 5.60 Å². The number of nitrogens with one attached hydrogen (secondary N) is 1. The molecular weight excluding hydrogens is 414 g/mol. The molecule has 2 aromatic carbocycles. The Kier molecular flexibility index (Phi) is 5.23. The van der Waals surface area contributed by atoms with Crippen LogP contribution in [0.4, 0.5) is 4.79 Å². The van der Waals surface area contributed by atoms with Crippen molar-refractivity contribution in [2.75, 3.05) is 0 Å². The first-order valence-electron chi connectivity index (χ1n) is 11.4. The predicted octanol–water partition coefficient (Wildman–Crippen LogP) is 5.83. The van der Waals surface area contributed by atoms with Crippen LogP contribution >= 0.6 is 0 Å². The van der Waals surface area contributed by atoms with E-state index in [1.807, 2.05) is 45.3 Å². The van der Waals surface area contributed by atoms with Crippen molar-refractivity contribution in [1.29, 1.82) is 0 Å². The molecule has 1 N–H and O–H groups in total. The molecule has 33 heavy (non-hydrogen) atoms. The number of carbonyl (C=O) groups excluding carboxylic acids is 1. The zero-order valence-corrected chi connectivity index (χ0v) is 19.5. The van der Waals surface area contributed by atoms with Gasteiger partial charge in [0.1, 0.15) is 17.5 Å². The number of benzene rings is 2. The summed E-state index contributed by atoms with van der Waals surface area (Å²) in [6.45, 7) is 5.58. The van der Waals surface area contributed by atoms with Crippen molar-refractivity contribution in [2.24, 2.45) is 7.05 Å². The molecule has 0 saturated heterocycles. The second-order valence-electron chi connectivity index (χ2n) is 9.76. The lowest BCUT2D eigenvalue weighted by Crippen LogP contribution is -2.50. The number of amides is 1. The van der Waals surface area contributed by atoms with Crippen LogP contribution in [0.3, 0.4) is 0 Å². The van der Waals surface area contributed by atoms with Crippen molar-refractivity contribution in [1.82, 2.24) is 14.9 Å². The molecule has 0 aliphatic heterocycles. The molecule has 1 saturated carbocycles. The minimum absolute atomic E-state index is 0.104. The molecule has 5 rings (SSSR count). The van der Waals surface area contributed by atoms with E-state index in [4.69, 9.17) is 9.47 Å². The molecule has 0 spiro atoms. The average Bonchev–Trinajstić information content (AvgIpc) is 3.03. The summed E-state index contributed by atoms with van der Waals surface area (Å²) in [5.41, 5.74) is 4.19. The summed E-state index contributed by atoms with van der Waals surface area (Å²) < 4.78 is 13.6. The molecule has 6 heteroatoms. The third-order valence-corrected chi connectivity index (χ3v) is 6.11. The highest BCUT2D eigenvalue weighted by Crippen LogP contribution is 2.32. The topological polar surface area (TPSA) is 65.4 Å². The summed E-state index contributed by atoms with van der Waals surface area (Å²) in [6.07, 6.45) is 5.07. The van der Waals surface area contributed by atoms with Crippen molar-refractivity contribution >= 4 is 27.9 Å². The maximum absolute atomic E-state index is 11.9. The fraction of sp³-hybridized carbons (Fsp3) is 0.333. The van der Waals surface area contributed by atoms with Gasteiger partial charge < -0.3 is 19.4 Å². The largest absolute Gasteiger partial charge is 0.490 e. The van der Waals surface area contributed by atoms with E-state index in [-0.39, 0.29) is 18.2 Å². The van der Waals surface area contributed by atoms with Gasteiger partial charge in [-0.2, -0.15) is 0 Å². The number of aryl methyl sites for hydroxylation is 1. The maximum atomic E-state index is 11.9. The van der Waals surface area contributed by atoms with Crippen LogP contribution in [0.25, 0.3) is 32.9 Å². The van der Waals surface area contributed by atoms with Crippen LogP contribution in [0.15, 0.2) is 60.9 Å². The number of carbonyl (C=O) groups is 1. The fourth-order valence-electron chi connectivity index (χ4n) is 4.41. The molecule has 0 radical (unpaired) electrons. The fourth-order valence-corrected chi connectivity index (χ4v) is 4.41. The van der Waals surface area contributed by atoms with Crippen molar-refractivity contribution in [3.63, 3.8) is 0 Å². The first kappa shape index (κ1) is 21.3. The standard InChI is InChI=1S/C27H29N3O3/c1-27(2,3)33-26(31)29-19-14-21(15-19)32-20-8-5-17(6-9-20)18-7-10-22-23-16-28-12-11-24(23)30(4)25(22)13-18/h5-13,16,19,21H,14-15H2,1-4H3,(H,29,31). The first-order chi connectivity index (χ1) is 15.8. The lowest BCUT2D eigenvalue weighted by atomic mass is 9.89. The minimum Gasteiger partial charge on any atom is -0.490 e. The second-order valence-corrected chi connectivity index (χ2v) is 9.76. The monoisotopic (exact) mass is 443 g/mol. The number of hydrogen-bond acceptors (Lipinski definition) is 4. The van der Waals surface area contributed by atoms with Gasteiger partial charge in [-0.25, -0.2) is 4.79 Å². The molecule has 1 fully saturated rings. The average molecular weight is 444 g/mol. The van der Waals surface area contributed by atoms with Crippen LogP contribution in [0, 0.1) is 0 Å². The Labute approximate surface area is 193 Å². The summed E-state index contributed by atoms with van der Waals surface area (Å²) >= 11 is 0. The van der Waals surface area contributed by atoms with Crippen LogP contribution in [0.5, 0.6) is 5.75 Å². The van der Waals surface area contributed by atoms with Gasteiger partial charge in [0, 0.05) is 54.6 Å². The van der Waals surface area contributed by atoms with Crippen molar-refractivity contribution < 1.29 is 14.3 Å². The zero-order valence-electron chi connectivity index (χ0n) is 19.5. The quantitative estimate of drug-likeness (QED) is 0.431. The Morgan fingerprint density at radius 1 is 1.00 bits per heavy atom. The molecule has 170 valence electrons. The van der Waals surface area contributed by atoms with E-state index in [0.717, 1.165) is 29.7 Å². The number of pyridine rings is 1. The van der Waals surface area contributed by atoms with E-state index in [1.165, 1.54) is 21.8 Å². The lowest BCUT2D eigenvalue weighted by Gasteiger charge is -2.36. The molecule has 4 aromatic rings. The molecule has 1 aliphatic carbocycles. The van der Waals surface area contributed by atoms with E-state index in [9.17, 15) is 4.79 Å². The van der Waals surface area contributed by atoms with Crippen LogP contribution in [-0.4, -0.2) is 33.4 Å². The number of nitrogens with zero attached hydrogens (tertiary/aromatic N) is 2. The molecule has 1 amide bonds. The van der Waals surface area contributed by atoms with Crippen molar-refractivity contribution in [3.05, 3.63) is 60.9 Å². The minimum atomic E-state index is -0.485. The Morgan fingerprint density at radius 2 is 1.73 bits per heavy atom. The summed E-state index contributed by atoms with van der Waals surface area (Å²) in [5.74, 6) is 0.844. The van der Waals surface area contributed by atoms with E-state index in [0.29, 0.717) is 0 Å². The summed E-state index contributed by atoms with van der Waals surface area (Å²) in [6, 6.07) is 16.9. The third-order valence-electron chi connectivity index (χ3n) is 6.11. The summed E-state index contributed by atoms with van der Waals surface area (Å²) in [5, 5.41) is 5.28. The SMILES string of the molecule is Cn1c2ccncc2c2ccc(-c3ccc(OC4CC(NC(=O)OC(C)(C)C)C4)cc3)cc21. The van der Waals surface area contributed by atoms with Crippen molar-refractivity contribution in [3.8, 4) is 16.9 Å². The summed E-state index contributed by atoms with van der Waals surface area (Å²) in [4.78, 5) is 16.2. The molecule has 0 bridgehead atoms. The molecule has 2 heterocycles. The van der Waals surface area contributed by atoms with Crippen molar-refractivity contribution in [2.45, 2.75) is 51.4 Å². The molecule has 2 aromatic heterocycles. The highest BCUT2D eigenvalue weighted by atomic mass is 16.6. The molecule has 6 nitrogen and oxygen atoms in total. The molecule has 0 unspecified atom stereocenters. The first-order valence-corrected chi connectivity index (χ1v) is 11.4. The van der Waals surface area contributed by atoms with Gasteiger partial charge in [0.15, 0.2) is 0 Å². The number of aromatic nitrogens is 2. The Bertz CT molecular complexity index is 1310. The van der Waals surface area contributed by atoms with E-state index >= 15 is 0 Å². The number of alkyl carbamates (subject to hydrolysis) is 1. The third kappa shape index (κ3) is 4.38. The molecular formula is C27H29N3O3. The normalized spacial score (nSPS) is 18.2. The predicted molar refractivity (Wildman–Crippen MR) is 130 cm³/mol. The van der Waals surface area contributed by atoms with Gasteiger partial charge in [-0.3, -0.25) is 4.98 Å². The van der Waals surface area contributed by atoms with Crippen LogP contribution in [0.1, 0.15) is 33.6 Å². The van der Waals surface area contributed by atoms with Gasteiger partial charge >= 0.3 is 6.09 Å². The van der Waals surface area contributed by atoms with Crippen LogP contribution < -0.4 is 10.1 Å². The highest BCUT2D eigenvalue weighted by Gasteiger charge is 2.33. The van der Waals surface area contributed by atoms with E-state index in [1.54, 1.807) is 0 Å². The number of ether oxygens (including phenoxy) is 2. The van der Waals surface area contributed by atoms with E-state index in [2.05, 4.69) is 58.3 Å². The van der Waals surface area contributed by atoms with Gasteiger partial charge in [-0.15, -0.1) is 0 Å². The van der Waals surface area contributed by atoms with Crippen LogP contribution in [-0.2, 0) is 11.8 Å². The number of fused-ring (bicyclic) bond motifs is 3.